The van der Waals surface area contributed by atoms with Crippen LogP contribution in [0.5, 0.6) is 0 Å². The maximum atomic E-state index is 12.5. The Morgan fingerprint density at radius 1 is 0.700 bits per heavy atom. The van der Waals surface area contributed by atoms with Gasteiger partial charge in [0.1, 0.15) is 0 Å². The summed E-state index contributed by atoms with van der Waals surface area (Å²) in [5.74, 6) is -0.473. The molecule has 0 atom stereocenters. The lowest BCUT2D eigenvalue weighted by atomic mass is 9.94. The van der Waals surface area contributed by atoms with Crippen LogP contribution in [-0.4, -0.2) is 16.3 Å². The van der Waals surface area contributed by atoms with Crippen molar-refractivity contribution in [3.05, 3.63) is 70.8 Å². The highest BCUT2D eigenvalue weighted by molar-refractivity contribution is 6.70. The van der Waals surface area contributed by atoms with E-state index < -0.39 is 16.3 Å². The third-order valence-electron chi connectivity index (χ3n) is 2.75. The Kier molecular flexibility index (Phi) is 4.32. The molecule has 0 spiro atoms. The Balaban J connectivity index is 2.68. The number of halogens is 2. The molecular formula is C15H8Cl2O3. The van der Waals surface area contributed by atoms with Gasteiger partial charge < -0.3 is 0 Å². The van der Waals surface area contributed by atoms with E-state index in [4.69, 9.17) is 23.2 Å². The topological polar surface area (TPSA) is 51.2 Å². The van der Waals surface area contributed by atoms with Crippen molar-refractivity contribution in [2.24, 2.45) is 0 Å². The number of carbonyl (C=O) groups is 3. The van der Waals surface area contributed by atoms with Gasteiger partial charge in [-0.3, -0.25) is 14.4 Å². The molecule has 2 aromatic rings. The predicted octanol–water partition coefficient (Wildman–Crippen LogP) is 3.68. The summed E-state index contributed by atoms with van der Waals surface area (Å²) in [6, 6.07) is 12.5. The highest BCUT2D eigenvalue weighted by atomic mass is 35.5. The molecule has 2 aromatic carbocycles. The van der Waals surface area contributed by atoms with Gasteiger partial charge in [0, 0.05) is 22.3 Å². The van der Waals surface area contributed by atoms with Crippen LogP contribution in [0.1, 0.15) is 36.6 Å². The average molecular weight is 307 g/mol. The first-order valence-electron chi connectivity index (χ1n) is 5.65. The van der Waals surface area contributed by atoms with Crippen LogP contribution in [0.2, 0.25) is 0 Å². The minimum atomic E-state index is -0.816. The quantitative estimate of drug-likeness (QED) is 0.639. The Morgan fingerprint density at radius 3 is 1.65 bits per heavy atom. The molecule has 100 valence electrons. The lowest BCUT2D eigenvalue weighted by molar-refractivity contribution is 0.101. The van der Waals surface area contributed by atoms with E-state index in [1.165, 1.54) is 18.2 Å². The largest absolute Gasteiger partial charge is 0.289 e. The summed E-state index contributed by atoms with van der Waals surface area (Å²) in [7, 11) is 0. The fraction of sp³-hybridized carbons (Fsp3) is 0. The highest BCUT2D eigenvalue weighted by Crippen LogP contribution is 2.22. The summed E-state index contributed by atoms with van der Waals surface area (Å²) in [5.41, 5.74) is 0.203. The Labute approximate surface area is 125 Å². The monoisotopic (exact) mass is 306 g/mol. The standard InChI is InChI=1S/C15H8Cl2O3/c16-14(19)10-7-4-8-11(15(17)20)12(10)13(18)9-5-2-1-3-6-9/h1-8H. The third-order valence-corrected chi connectivity index (χ3v) is 3.16. The Hall–Kier alpha value is -1.97. The SMILES string of the molecule is O=C(Cl)c1cccc(C(=O)Cl)c1C(=O)c1ccccc1. The average Bonchev–Trinajstić information content (AvgIpc) is 2.46. The van der Waals surface area contributed by atoms with Gasteiger partial charge in [0.05, 0.1) is 0 Å². The smallest absolute Gasteiger partial charge is 0.253 e. The van der Waals surface area contributed by atoms with Crippen LogP contribution in [0.15, 0.2) is 48.5 Å². The van der Waals surface area contributed by atoms with Gasteiger partial charge in [-0.15, -0.1) is 0 Å². The van der Waals surface area contributed by atoms with Crippen molar-refractivity contribution >= 4 is 39.5 Å². The lowest BCUT2D eigenvalue weighted by Crippen LogP contribution is -2.12. The summed E-state index contributed by atoms with van der Waals surface area (Å²) < 4.78 is 0. The summed E-state index contributed by atoms with van der Waals surface area (Å²) in [6.07, 6.45) is 0. The summed E-state index contributed by atoms with van der Waals surface area (Å²) >= 11 is 10.9. The molecular weight excluding hydrogens is 299 g/mol. The van der Waals surface area contributed by atoms with Crippen LogP contribution >= 0.6 is 23.2 Å². The molecule has 0 bridgehead atoms. The number of benzene rings is 2. The van der Waals surface area contributed by atoms with Crippen molar-refractivity contribution in [3.8, 4) is 0 Å². The van der Waals surface area contributed by atoms with E-state index in [-0.39, 0.29) is 16.7 Å². The number of carbonyl (C=O) groups excluding carboxylic acids is 3. The van der Waals surface area contributed by atoms with Crippen LogP contribution in [0.25, 0.3) is 0 Å². The molecule has 0 unspecified atom stereocenters. The molecule has 0 heterocycles. The van der Waals surface area contributed by atoms with Crippen LogP contribution in [0.4, 0.5) is 0 Å². The van der Waals surface area contributed by atoms with Gasteiger partial charge in [-0.25, -0.2) is 0 Å². The molecule has 0 aliphatic carbocycles. The second-order valence-electron chi connectivity index (χ2n) is 3.97. The highest BCUT2D eigenvalue weighted by Gasteiger charge is 2.23. The molecule has 0 N–H and O–H groups in total. The van der Waals surface area contributed by atoms with Gasteiger partial charge in [0.2, 0.25) is 0 Å². The molecule has 0 saturated carbocycles. The van der Waals surface area contributed by atoms with E-state index in [0.717, 1.165) is 0 Å². The second-order valence-corrected chi connectivity index (χ2v) is 4.66. The molecule has 20 heavy (non-hydrogen) atoms. The number of rotatable bonds is 4. The predicted molar refractivity (Wildman–Crippen MR) is 76.7 cm³/mol. The zero-order chi connectivity index (χ0) is 14.7. The van der Waals surface area contributed by atoms with Crippen LogP contribution < -0.4 is 0 Å². The molecule has 0 saturated heterocycles. The molecule has 0 aliphatic rings. The second kappa shape index (κ2) is 5.99. The fourth-order valence-corrected chi connectivity index (χ4v) is 2.17. The van der Waals surface area contributed by atoms with Crippen molar-refractivity contribution in [1.82, 2.24) is 0 Å². The zero-order valence-electron chi connectivity index (χ0n) is 10.1. The van der Waals surface area contributed by atoms with Gasteiger partial charge in [-0.2, -0.15) is 0 Å². The zero-order valence-corrected chi connectivity index (χ0v) is 11.6. The van der Waals surface area contributed by atoms with E-state index in [2.05, 4.69) is 0 Å². The van der Waals surface area contributed by atoms with Gasteiger partial charge in [0.15, 0.2) is 5.78 Å². The van der Waals surface area contributed by atoms with Crippen molar-refractivity contribution in [2.75, 3.05) is 0 Å². The molecule has 0 fully saturated rings. The minimum absolute atomic E-state index is 0.0352. The first-order chi connectivity index (χ1) is 9.52. The molecule has 0 amide bonds. The Morgan fingerprint density at radius 2 is 1.20 bits per heavy atom. The fourth-order valence-electron chi connectivity index (χ4n) is 1.86. The van der Waals surface area contributed by atoms with Gasteiger partial charge in [-0.1, -0.05) is 36.4 Å². The number of ketones is 1. The van der Waals surface area contributed by atoms with E-state index in [9.17, 15) is 14.4 Å². The van der Waals surface area contributed by atoms with Gasteiger partial charge >= 0.3 is 0 Å². The molecule has 2 rings (SSSR count). The molecule has 0 aliphatic heterocycles. The third kappa shape index (κ3) is 2.79. The summed E-state index contributed by atoms with van der Waals surface area (Å²) in [6.45, 7) is 0. The van der Waals surface area contributed by atoms with Crippen molar-refractivity contribution in [1.29, 1.82) is 0 Å². The maximum absolute atomic E-state index is 12.5. The van der Waals surface area contributed by atoms with Crippen molar-refractivity contribution in [3.63, 3.8) is 0 Å². The van der Waals surface area contributed by atoms with E-state index >= 15 is 0 Å². The van der Waals surface area contributed by atoms with E-state index in [1.54, 1.807) is 30.3 Å². The van der Waals surface area contributed by atoms with Gasteiger partial charge in [0.25, 0.3) is 10.5 Å². The maximum Gasteiger partial charge on any atom is 0.253 e. The van der Waals surface area contributed by atoms with Crippen LogP contribution in [0, 0.1) is 0 Å². The number of hydrogen-bond donors (Lipinski definition) is 0. The first-order valence-corrected chi connectivity index (χ1v) is 6.40. The van der Waals surface area contributed by atoms with Crippen LogP contribution in [0.3, 0.4) is 0 Å². The minimum Gasteiger partial charge on any atom is -0.289 e. The van der Waals surface area contributed by atoms with Crippen molar-refractivity contribution in [2.45, 2.75) is 0 Å². The first kappa shape index (κ1) is 14.4. The van der Waals surface area contributed by atoms with Crippen molar-refractivity contribution < 1.29 is 14.4 Å². The summed E-state index contributed by atoms with van der Waals surface area (Å²) in [4.78, 5) is 35.3. The van der Waals surface area contributed by atoms with E-state index in [0.29, 0.717) is 5.56 Å². The normalized spacial score (nSPS) is 10.1. The van der Waals surface area contributed by atoms with E-state index in [1.807, 2.05) is 0 Å². The molecule has 0 aromatic heterocycles. The molecule has 3 nitrogen and oxygen atoms in total. The molecule has 0 radical (unpaired) electrons. The lowest BCUT2D eigenvalue weighted by Gasteiger charge is -2.09. The number of hydrogen-bond acceptors (Lipinski definition) is 3. The summed E-state index contributed by atoms with van der Waals surface area (Å²) in [5, 5.41) is -1.63. The Bertz CT molecular complexity index is 661. The molecule has 5 heteroatoms. The van der Waals surface area contributed by atoms with Crippen LogP contribution in [-0.2, 0) is 0 Å². The van der Waals surface area contributed by atoms with Gasteiger partial charge in [-0.05, 0) is 35.3 Å².